The van der Waals surface area contributed by atoms with Gasteiger partial charge in [-0.15, -0.1) is 10.2 Å². The van der Waals surface area contributed by atoms with Crippen molar-refractivity contribution in [2.45, 2.75) is 50.4 Å². The summed E-state index contributed by atoms with van der Waals surface area (Å²) in [6.07, 6.45) is 3.47. The molecule has 13 heteroatoms. The Morgan fingerprint density at radius 2 is 1.78 bits per heavy atom. The van der Waals surface area contributed by atoms with Crippen LogP contribution in [0.25, 0.3) is 5.69 Å². The average molecular weight is 537 g/mol. The van der Waals surface area contributed by atoms with E-state index in [-0.39, 0.29) is 18.0 Å². The number of para-hydroxylation sites is 1. The van der Waals surface area contributed by atoms with Gasteiger partial charge in [0.25, 0.3) is 0 Å². The smallest absolute Gasteiger partial charge is 0.243 e. The van der Waals surface area contributed by atoms with Gasteiger partial charge in [-0.25, -0.2) is 18.4 Å². The van der Waals surface area contributed by atoms with Crippen LogP contribution in [0.5, 0.6) is 11.5 Å². The molecule has 194 valence electrons. The van der Waals surface area contributed by atoms with Crippen molar-refractivity contribution in [2.75, 3.05) is 25.5 Å². The van der Waals surface area contributed by atoms with E-state index in [1.807, 2.05) is 6.92 Å². The van der Waals surface area contributed by atoms with Gasteiger partial charge in [-0.05, 0) is 32.4 Å². The molecule has 0 bridgehead atoms. The summed E-state index contributed by atoms with van der Waals surface area (Å²) in [5, 5.41) is 8.10. The Hall–Kier alpha value is -2.96. The first-order valence-corrected chi connectivity index (χ1v) is 13.4. The molecule has 36 heavy (non-hydrogen) atoms. The first-order chi connectivity index (χ1) is 17.2. The predicted octanol–water partition coefficient (Wildman–Crippen LogP) is 3.55. The van der Waals surface area contributed by atoms with Crippen molar-refractivity contribution >= 4 is 27.6 Å². The number of hydrogen-bond donors (Lipinski definition) is 1. The van der Waals surface area contributed by atoms with Crippen LogP contribution < -0.4 is 14.2 Å². The van der Waals surface area contributed by atoms with Gasteiger partial charge in [0, 0.05) is 30.8 Å². The minimum Gasteiger partial charge on any atom is -0.494 e. The Labute approximate surface area is 215 Å². The zero-order chi connectivity index (χ0) is 26.0. The maximum atomic E-state index is 13.5. The molecule has 0 saturated carbocycles. The van der Waals surface area contributed by atoms with Crippen LogP contribution in [0.1, 0.15) is 50.7 Å². The van der Waals surface area contributed by atoms with Crippen LogP contribution in [-0.2, 0) is 14.8 Å². The molecule has 1 aliphatic heterocycles. The summed E-state index contributed by atoms with van der Waals surface area (Å²) in [5.41, 5.74) is 0.487. The number of nitrogens with one attached hydrogen (secondary N) is 1. The fourth-order valence-electron chi connectivity index (χ4n) is 4.20. The SMILES string of the molecule is COc1cccc(OC)c1-n1c(NS(=O)(=O)[C@@H](C)[C@H](C)c2ncc(Cl)cn2)nnc1C1CCOC1C. The molecule has 1 N–H and O–H groups in total. The molecule has 1 fully saturated rings. The Balaban J connectivity index is 1.78. The Morgan fingerprint density at radius 1 is 1.14 bits per heavy atom. The summed E-state index contributed by atoms with van der Waals surface area (Å²) < 4.78 is 48.3. The van der Waals surface area contributed by atoms with Crippen LogP contribution >= 0.6 is 11.6 Å². The second kappa shape index (κ2) is 10.6. The highest BCUT2D eigenvalue weighted by atomic mass is 35.5. The van der Waals surface area contributed by atoms with Crippen molar-refractivity contribution in [2.24, 2.45) is 0 Å². The first kappa shape index (κ1) is 26.1. The van der Waals surface area contributed by atoms with Crippen LogP contribution in [0, 0.1) is 0 Å². The number of rotatable bonds is 9. The number of aromatic nitrogens is 5. The number of ether oxygens (including phenoxy) is 3. The zero-order valence-corrected chi connectivity index (χ0v) is 22.2. The van der Waals surface area contributed by atoms with E-state index in [0.717, 1.165) is 0 Å². The van der Waals surface area contributed by atoms with E-state index in [1.165, 1.54) is 26.6 Å². The van der Waals surface area contributed by atoms with Crippen LogP contribution in [0.3, 0.4) is 0 Å². The van der Waals surface area contributed by atoms with Gasteiger partial charge in [-0.1, -0.05) is 24.6 Å². The largest absolute Gasteiger partial charge is 0.494 e. The average Bonchev–Trinajstić information content (AvgIpc) is 3.47. The summed E-state index contributed by atoms with van der Waals surface area (Å²) in [7, 11) is -0.901. The third-order valence-electron chi connectivity index (χ3n) is 6.50. The van der Waals surface area contributed by atoms with Crippen LogP contribution in [0.4, 0.5) is 5.95 Å². The van der Waals surface area contributed by atoms with Gasteiger partial charge < -0.3 is 14.2 Å². The fourth-order valence-corrected chi connectivity index (χ4v) is 5.53. The number of benzene rings is 1. The third kappa shape index (κ3) is 4.97. The third-order valence-corrected chi connectivity index (χ3v) is 8.55. The molecule has 0 spiro atoms. The molecule has 4 atom stereocenters. The number of nitrogens with zero attached hydrogens (tertiary/aromatic N) is 5. The van der Waals surface area contributed by atoms with E-state index in [2.05, 4.69) is 24.9 Å². The maximum absolute atomic E-state index is 13.5. The minimum atomic E-state index is -3.96. The molecule has 2 unspecified atom stereocenters. The lowest BCUT2D eigenvalue weighted by atomic mass is 10.0. The van der Waals surface area contributed by atoms with Crippen molar-refractivity contribution in [3.05, 3.63) is 47.3 Å². The lowest BCUT2D eigenvalue weighted by Gasteiger charge is -2.22. The van der Waals surface area contributed by atoms with Crippen LogP contribution in [0.2, 0.25) is 5.02 Å². The van der Waals surface area contributed by atoms with E-state index < -0.39 is 21.2 Å². The first-order valence-electron chi connectivity index (χ1n) is 11.4. The van der Waals surface area contributed by atoms with Gasteiger partial charge in [-0.2, -0.15) is 0 Å². The highest BCUT2D eigenvalue weighted by Gasteiger charge is 2.36. The molecule has 1 saturated heterocycles. The molecule has 3 heterocycles. The number of hydrogen-bond acceptors (Lipinski definition) is 9. The number of anilines is 1. The van der Waals surface area contributed by atoms with Gasteiger partial charge in [-0.3, -0.25) is 9.29 Å². The molecule has 1 aromatic carbocycles. The minimum absolute atomic E-state index is 0.0166. The van der Waals surface area contributed by atoms with Crippen molar-refractivity contribution in [3.63, 3.8) is 0 Å². The van der Waals surface area contributed by atoms with E-state index in [9.17, 15) is 8.42 Å². The van der Waals surface area contributed by atoms with Crippen molar-refractivity contribution < 1.29 is 22.6 Å². The molecule has 0 radical (unpaired) electrons. The summed E-state index contributed by atoms with van der Waals surface area (Å²) >= 11 is 5.88. The fraction of sp³-hybridized carbons (Fsp3) is 0.478. The Kier molecular flexibility index (Phi) is 7.67. The second-order valence-electron chi connectivity index (χ2n) is 8.60. The summed E-state index contributed by atoms with van der Waals surface area (Å²) in [6.45, 7) is 5.85. The molecule has 0 amide bonds. The molecular formula is C23H29ClN6O5S. The van der Waals surface area contributed by atoms with Gasteiger partial charge in [0.2, 0.25) is 16.0 Å². The summed E-state index contributed by atoms with van der Waals surface area (Å²) in [5.74, 6) is 1.23. The van der Waals surface area contributed by atoms with Crippen LogP contribution in [-0.4, -0.2) is 65.3 Å². The predicted molar refractivity (Wildman–Crippen MR) is 135 cm³/mol. The molecule has 2 aromatic heterocycles. The quantitative estimate of drug-likeness (QED) is 0.436. The van der Waals surface area contributed by atoms with E-state index >= 15 is 0 Å². The van der Waals surface area contributed by atoms with Crippen LogP contribution in [0.15, 0.2) is 30.6 Å². The Morgan fingerprint density at radius 3 is 2.33 bits per heavy atom. The van der Waals surface area contributed by atoms with E-state index in [0.29, 0.717) is 46.9 Å². The van der Waals surface area contributed by atoms with E-state index in [4.69, 9.17) is 25.8 Å². The standard InChI is InChI=1S/C23H29ClN6O5S/c1-13(21-25-11-16(24)12-26-21)15(3)36(31,32)29-23-28-27-22(17-9-10-35-14(17)2)30(23)20-18(33-4)7-6-8-19(20)34-5/h6-8,11-15,17H,9-10H2,1-5H3,(H,28,29)/t13-,14?,15-,17?/m0/s1. The monoisotopic (exact) mass is 536 g/mol. The van der Waals surface area contributed by atoms with E-state index in [1.54, 1.807) is 36.6 Å². The Bertz CT molecular complexity index is 1290. The van der Waals surface area contributed by atoms with Crippen molar-refractivity contribution in [1.82, 2.24) is 24.7 Å². The summed E-state index contributed by atoms with van der Waals surface area (Å²) in [6, 6.07) is 5.31. The van der Waals surface area contributed by atoms with Crippen molar-refractivity contribution in [3.8, 4) is 17.2 Å². The normalized spacial score (nSPS) is 19.6. The maximum Gasteiger partial charge on any atom is 0.243 e. The number of sulfonamides is 1. The molecule has 1 aliphatic rings. The second-order valence-corrected chi connectivity index (χ2v) is 11.1. The van der Waals surface area contributed by atoms with Gasteiger partial charge in [0.1, 0.15) is 28.8 Å². The van der Waals surface area contributed by atoms with Gasteiger partial charge in [0.15, 0.2) is 0 Å². The molecule has 0 aliphatic carbocycles. The van der Waals surface area contributed by atoms with Gasteiger partial charge >= 0.3 is 0 Å². The molecule has 11 nitrogen and oxygen atoms in total. The van der Waals surface area contributed by atoms with Crippen molar-refractivity contribution in [1.29, 1.82) is 0 Å². The highest BCUT2D eigenvalue weighted by Crippen LogP contribution is 2.40. The number of halogens is 1. The topological polar surface area (TPSA) is 130 Å². The molecule has 3 aromatic rings. The lowest BCUT2D eigenvalue weighted by molar-refractivity contribution is 0.117. The lowest BCUT2D eigenvalue weighted by Crippen LogP contribution is -2.31. The number of methoxy groups -OCH3 is 2. The molecular weight excluding hydrogens is 508 g/mol. The van der Waals surface area contributed by atoms with Gasteiger partial charge in [0.05, 0.1) is 30.6 Å². The zero-order valence-electron chi connectivity index (χ0n) is 20.7. The molecule has 4 rings (SSSR count). The highest BCUT2D eigenvalue weighted by molar-refractivity contribution is 7.93. The summed E-state index contributed by atoms with van der Waals surface area (Å²) in [4.78, 5) is 8.36.